The Hall–Kier alpha value is -2.17. The van der Waals surface area contributed by atoms with Gasteiger partial charge in [-0.05, 0) is 29.7 Å². The zero-order valence-electron chi connectivity index (χ0n) is 13.1. The predicted molar refractivity (Wildman–Crippen MR) is 89.9 cm³/mol. The van der Waals surface area contributed by atoms with Crippen LogP contribution in [-0.2, 0) is 11.3 Å². The summed E-state index contributed by atoms with van der Waals surface area (Å²) >= 11 is 0. The second-order valence-electron chi connectivity index (χ2n) is 5.95. The van der Waals surface area contributed by atoms with E-state index in [2.05, 4.69) is 29.6 Å². The molecular formula is C19H22N2O2. The van der Waals surface area contributed by atoms with Crippen LogP contribution in [0.4, 0.5) is 0 Å². The highest BCUT2D eigenvalue weighted by molar-refractivity contribution is 5.92. The van der Waals surface area contributed by atoms with E-state index < -0.39 is 0 Å². The normalized spacial score (nSPS) is 20.5. The Bertz CT molecular complexity index is 657. The van der Waals surface area contributed by atoms with Gasteiger partial charge in [-0.1, -0.05) is 42.5 Å². The maximum atomic E-state index is 11.2. The summed E-state index contributed by atoms with van der Waals surface area (Å²) in [5.74, 6) is 0.0805. The van der Waals surface area contributed by atoms with Crippen LogP contribution in [0, 0.1) is 5.92 Å². The fraction of sp³-hybridized carbons (Fsp3) is 0.316. The minimum atomic E-state index is -0.389. The molecule has 0 saturated carbocycles. The van der Waals surface area contributed by atoms with Crippen molar-refractivity contribution < 1.29 is 9.53 Å². The average molecular weight is 310 g/mol. The van der Waals surface area contributed by atoms with Gasteiger partial charge in [0.2, 0.25) is 5.91 Å². The van der Waals surface area contributed by atoms with E-state index in [1.807, 2.05) is 24.3 Å². The fourth-order valence-electron chi connectivity index (χ4n) is 3.09. The molecular weight excluding hydrogens is 288 g/mol. The highest BCUT2D eigenvalue weighted by atomic mass is 16.5. The zero-order valence-corrected chi connectivity index (χ0v) is 13.1. The lowest BCUT2D eigenvalue weighted by molar-refractivity contribution is 0.0904. The molecule has 0 spiro atoms. The van der Waals surface area contributed by atoms with Crippen LogP contribution in [-0.4, -0.2) is 19.1 Å². The molecule has 2 aromatic carbocycles. The van der Waals surface area contributed by atoms with Crippen molar-refractivity contribution in [2.45, 2.75) is 19.1 Å². The number of carbonyl (C=O) groups excluding carboxylic acids is 1. The Morgan fingerprint density at radius 1 is 1.17 bits per heavy atom. The van der Waals surface area contributed by atoms with Gasteiger partial charge in [0.1, 0.15) is 0 Å². The number of amides is 1. The molecule has 1 fully saturated rings. The molecule has 1 aliphatic rings. The van der Waals surface area contributed by atoms with Crippen LogP contribution in [0.3, 0.4) is 0 Å². The van der Waals surface area contributed by atoms with E-state index in [0.717, 1.165) is 31.7 Å². The average Bonchev–Trinajstić information content (AvgIpc) is 3.04. The van der Waals surface area contributed by atoms with Crippen molar-refractivity contribution in [3.8, 4) is 0 Å². The van der Waals surface area contributed by atoms with E-state index >= 15 is 0 Å². The van der Waals surface area contributed by atoms with Crippen LogP contribution in [0.5, 0.6) is 0 Å². The van der Waals surface area contributed by atoms with Crippen molar-refractivity contribution in [3.05, 3.63) is 71.3 Å². The molecule has 0 unspecified atom stereocenters. The Kier molecular flexibility index (Phi) is 5.05. The summed E-state index contributed by atoms with van der Waals surface area (Å²) in [6.07, 6.45) is 1.23. The van der Waals surface area contributed by atoms with Crippen LogP contribution in [0.1, 0.15) is 34.0 Å². The molecule has 2 atom stereocenters. The SMILES string of the molecule is NC(=O)c1cccc(CNC[C@H]2CCO[C@@H]2c2ccccc2)c1. The first kappa shape index (κ1) is 15.7. The number of hydrogen-bond donors (Lipinski definition) is 2. The molecule has 0 bridgehead atoms. The van der Waals surface area contributed by atoms with Gasteiger partial charge in [0.25, 0.3) is 0 Å². The van der Waals surface area contributed by atoms with Crippen LogP contribution in [0.25, 0.3) is 0 Å². The summed E-state index contributed by atoms with van der Waals surface area (Å²) in [5.41, 5.74) is 8.18. The van der Waals surface area contributed by atoms with E-state index in [-0.39, 0.29) is 12.0 Å². The van der Waals surface area contributed by atoms with Crippen LogP contribution in [0.15, 0.2) is 54.6 Å². The van der Waals surface area contributed by atoms with E-state index in [1.165, 1.54) is 5.56 Å². The minimum Gasteiger partial charge on any atom is -0.373 e. The standard InChI is InChI=1S/C19H22N2O2/c20-19(22)16-8-4-5-14(11-16)12-21-13-17-9-10-23-18(17)15-6-2-1-3-7-15/h1-8,11,17-18,21H,9-10,12-13H2,(H2,20,22)/t17-,18-/m1/s1. The molecule has 1 saturated heterocycles. The molecule has 3 rings (SSSR count). The minimum absolute atomic E-state index is 0.167. The summed E-state index contributed by atoms with van der Waals surface area (Å²) < 4.78 is 5.90. The maximum Gasteiger partial charge on any atom is 0.248 e. The molecule has 0 radical (unpaired) electrons. The second kappa shape index (κ2) is 7.40. The third kappa shape index (κ3) is 3.97. The Morgan fingerprint density at radius 2 is 2.00 bits per heavy atom. The Balaban J connectivity index is 1.56. The van der Waals surface area contributed by atoms with Crippen molar-refractivity contribution >= 4 is 5.91 Å². The molecule has 1 amide bonds. The third-order valence-electron chi connectivity index (χ3n) is 4.29. The number of carbonyl (C=O) groups is 1. The smallest absolute Gasteiger partial charge is 0.248 e. The van der Waals surface area contributed by atoms with Crippen molar-refractivity contribution in [2.24, 2.45) is 11.7 Å². The van der Waals surface area contributed by atoms with E-state index in [0.29, 0.717) is 11.5 Å². The molecule has 4 heteroatoms. The second-order valence-corrected chi connectivity index (χ2v) is 5.95. The molecule has 0 aliphatic carbocycles. The molecule has 1 heterocycles. The van der Waals surface area contributed by atoms with Crippen molar-refractivity contribution in [3.63, 3.8) is 0 Å². The summed E-state index contributed by atoms with van der Waals surface area (Å²) in [4.78, 5) is 11.2. The first-order valence-corrected chi connectivity index (χ1v) is 8.00. The number of rotatable bonds is 6. The largest absolute Gasteiger partial charge is 0.373 e. The molecule has 0 aromatic heterocycles. The number of primary amides is 1. The summed E-state index contributed by atoms with van der Waals surface area (Å²) in [6, 6.07) is 17.8. The summed E-state index contributed by atoms with van der Waals surface area (Å²) in [6.45, 7) is 2.42. The highest BCUT2D eigenvalue weighted by Gasteiger charge is 2.28. The van der Waals surface area contributed by atoms with Gasteiger partial charge in [-0.2, -0.15) is 0 Å². The fourth-order valence-corrected chi connectivity index (χ4v) is 3.09. The lowest BCUT2D eigenvalue weighted by atomic mass is 9.95. The van der Waals surface area contributed by atoms with Crippen molar-refractivity contribution in [1.29, 1.82) is 0 Å². The third-order valence-corrected chi connectivity index (χ3v) is 4.29. The van der Waals surface area contributed by atoms with E-state index in [1.54, 1.807) is 6.07 Å². The molecule has 23 heavy (non-hydrogen) atoms. The quantitative estimate of drug-likeness (QED) is 0.862. The number of hydrogen-bond acceptors (Lipinski definition) is 3. The zero-order chi connectivity index (χ0) is 16.1. The monoisotopic (exact) mass is 310 g/mol. The van der Waals surface area contributed by atoms with Crippen molar-refractivity contribution in [2.75, 3.05) is 13.2 Å². The highest BCUT2D eigenvalue weighted by Crippen LogP contribution is 2.33. The van der Waals surface area contributed by atoms with Gasteiger partial charge in [0.05, 0.1) is 6.10 Å². The number of ether oxygens (including phenoxy) is 1. The van der Waals surface area contributed by atoms with Gasteiger partial charge in [-0.15, -0.1) is 0 Å². The topological polar surface area (TPSA) is 64.4 Å². The number of nitrogens with one attached hydrogen (secondary N) is 1. The molecule has 2 aromatic rings. The predicted octanol–water partition coefficient (Wildman–Crippen LogP) is 2.65. The van der Waals surface area contributed by atoms with Gasteiger partial charge in [-0.3, -0.25) is 4.79 Å². The van der Waals surface area contributed by atoms with E-state index in [4.69, 9.17) is 10.5 Å². The lowest BCUT2D eigenvalue weighted by Gasteiger charge is -2.19. The van der Waals surface area contributed by atoms with Crippen LogP contribution < -0.4 is 11.1 Å². The lowest BCUT2D eigenvalue weighted by Crippen LogP contribution is -2.24. The number of nitrogens with two attached hydrogens (primary N) is 1. The van der Waals surface area contributed by atoms with Crippen molar-refractivity contribution in [1.82, 2.24) is 5.32 Å². The molecule has 4 nitrogen and oxygen atoms in total. The van der Waals surface area contributed by atoms with Gasteiger partial charge in [0, 0.05) is 31.2 Å². The van der Waals surface area contributed by atoms with Gasteiger partial charge in [-0.25, -0.2) is 0 Å². The first-order valence-electron chi connectivity index (χ1n) is 8.00. The van der Waals surface area contributed by atoms with Crippen LogP contribution in [0.2, 0.25) is 0 Å². The molecule has 120 valence electrons. The number of benzene rings is 2. The van der Waals surface area contributed by atoms with Gasteiger partial charge in [0.15, 0.2) is 0 Å². The maximum absolute atomic E-state index is 11.2. The van der Waals surface area contributed by atoms with Gasteiger partial charge >= 0.3 is 0 Å². The van der Waals surface area contributed by atoms with Gasteiger partial charge < -0.3 is 15.8 Å². The Morgan fingerprint density at radius 3 is 2.78 bits per heavy atom. The molecule has 1 aliphatic heterocycles. The Labute approximate surface area is 136 Å². The first-order chi connectivity index (χ1) is 11.2. The van der Waals surface area contributed by atoms with Crippen LogP contribution >= 0.6 is 0 Å². The summed E-state index contributed by atoms with van der Waals surface area (Å²) in [7, 11) is 0. The molecule has 3 N–H and O–H groups in total. The van der Waals surface area contributed by atoms with E-state index in [9.17, 15) is 4.79 Å². The summed E-state index contributed by atoms with van der Waals surface area (Å²) in [5, 5.41) is 3.48.